The molecule has 3 aromatic rings. The van der Waals surface area contributed by atoms with Gasteiger partial charge in [-0.25, -0.2) is 0 Å². The SMILES string of the molecule is Cc1ccc(-c2cc(C(=O)C[C@H](C)c3ccc(C(F)(F)F)[n+]([O-])c3)cc(C(O)(C(F)(F)F)C(F)(F)F)c2)nc1. The molecule has 2 aromatic heterocycles. The van der Waals surface area contributed by atoms with E-state index in [9.17, 15) is 54.6 Å². The maximum atomic E-state index is 13.6. The van der Waals surface area contributed by atoms with Gasteiger partial charge in [0.1, 0.15) is 0 Å². The summed E-state index contributed by atoms with van der Waals surface area (Å²) < 4.78 is 120. The molecule has 210 valence electrons. The molecular formula is C25H19F9N2O3. The third kappa shape index (κ3) is 6.00. The predicted octanol–water partition coefficient (Wildman–Crippen LogP) is 6.40. The minimum atomic E-state index is -6.22. The van der Waals surface area contributed by atoms with Crippen molar-refractivity contribution in [1.29, 1.82) is 0 Å². The Labute approximate surface area is 215 Å². The minimum Gasteiger partial charge on any atom is -0.618 e. The maximum absolute atomic E-state index is 13.6. The van der Waals surface area contributed by atoms with E-state index in [1.54, 1.807) is 6.92 Å². The van der Waals surface area contributed by atoms with Crippen LogP contribution in [0.5, 0.6) is 0 Å². The lowest BCUT2D eigenvalue weighted by Gasteiger charge is -2.33. The van der Waals surface area contributed by atoms with Crippen LogP contribution >= 0.6 is 0 Å². The predicted molar refractivity (Wildman–Crippen MR) is 118 cm³/mol. The van der Waals surface area contributed by atoms with Gasteiger partial charge in [0.15, 0.2) is 12.0 Å². The first kappa shape index (κ1) is 29.9. The van der Waals surface area contributed by atoms with Crippen molar-refractivity contribution >= 4 is 5.78 Å². The van der Waals surface area contributed by atoms with Crippen molar-refractivity contribution < 1.29 is 54.1 Å². The quantitative estimate of drug-likeness (QED) is 0.162. The van der Waals surface area contributed by atoms with E-state index in [0.717, 1.165) is 12.1 Å². The van der Waals surface area contributed by atoms with Crippen LogP contribution < -0.4 is 4.73 Å². The Morgan fingerprint density at radius 2 is 1.59 bits per heavy atom. The maximum Gasteiger partial charge on any atom is 0.478 e. The van der Waals surface area contributed by atoms with Crippen molar-refractivity contribution in [2.75, 3.05) is 0 Å². The highest BCUT2D eigenvalue weighted by Crippen LogP contribution is 2.50. The van der Waals surface area contributed by atoms with E-state index in [4.69, 9.17) is 0 Å². The molecule has 1 N–H and O–H groups in total. The van der Waals surface area contributed by atoms with Gasteiger partial charge in [0.2, 0.25) is 0 Å². The topological polar surface area (TPSA) is 77.1 Å². The van der Waals surface area contributed by atoms with Gasteiger partial charge in [0, 0.05) is 40.9 Å². The Morgan fingerprint density at radius 3 is 2.08 bits per heavy atom. The van der Waals surface area contributed by atoms with Gasteiger partial charge in [-0.1, -0.05) is 13.0 Å². The van der Waals surface area contributed by atoms with Gasteiger partial charge < -0.3 is 10.3 Å². The number of benzene rings is 1. The first-order valence-electron chi connectivity index (χ1n) is 11.0. The number of carbonyl (C=O) groups is 1. The number of Topliss-reactive ketones (excluding diaryl/α,β-unsaturated/α-hetero) is 1. The van der Waals surface area contributed by atoms with Gasteiger partial charge in [0.05, 0.1) is 5.69 Å². The van der Waals surface area contributed by atoms with Gasteiger partial charge in [-0.3, -0.25) is 9.78 Å². The van der Waals surface area contributed by atoms with Gasteiger partial charge in [-0.2, -0.15) is 44.2 Å². The first-order valence-corrected chi connectivity index (χ1v) is 11.0. The van der Waals surface area contributed by atoms with Crippen LogP contribution in [0.15, 0.2) is 54.9 Å². The second-order valence-electron chi connectivity index (χ2n) is 8.93. The Bertz CT molecular complexity index is 1350. The fourth-order valence-corrected chi connectivity index (χ4v) is 3.79. The molecule has 3 rings (SSSR count). The fraction of sp³-hybridized carbons (Fsp3) is 0.320. The molecule has 2 heterocycles. The number of aromatic nitrogens is 2. The first-order chi connectivity index (χ1) is 17.8. The van der Waals surface area contributed by atoms with E-state index < -0.39 is 63.8 Å². The van der Waals surface area contributed by atoms with Crippen molar-refractivity contribution in [3.8, 4) is 11.3 Å². The number of ketones is 1. The van der Waals surface area contributed by atoms with Crippen LogP contribution in [0.4, 0.5) is 39.5 Å². The van der Waals surface area contributed by atoms with Crippen molar-refractivity contribution in [3.05, 3.63) is 88.0 Å². The van der Waals surface area contributed by atoms with Crippen molar-refractivity contribution in [2.24, 2.45) is 0 Å². The number of aryl methyl sites for hydroxylation is 1. The van der Waals surface area contributed by atoms with Crippen molar-refractivity contribution in [1.82, 2.24) is 4.98 Å². The van der Waals surface area contributed by atoms with E-state index in [2.05, 4.69) is 4.98 Å². The lowest BCUT2D eigenvalue weighted by Crippen LogP contribution is -2.54. The summed E-state index contributed by atoms with van der Waals surface area (Å²) in [6, 6.07) is 5.85. The molecule has 0 aliphatic rings. The summed E-state index contributed by atoms with van der Waals surface area (Å²) in [7, 11) is 0. The number of aliphatic hydroxyl groups is 1. The second kappa shape index (κ2) is 10.1. The fourth-order valence-electron chi connectivity index (χ4n) is 3.79. The van der Waals surface area contributed by atoms with Gasteiger partial charge >= 0.3 is 18.5 Å². The number of pyridine rings is 2. The highest BCUT2D eigenvalue weighted by molar-refractivity contribution is 5.98. The summed E-state index contributed by atoms with van der Waals surface area (Å²) in [4.78, 5) is 17.0. The van der Waals surface area contributed by atoms with Crippen molar-refractivity contribution in [2.45, 2.75) is 50.3 Å². The number of halogens is 9. The molecule has 0 aliphatic heterocycles. The number of alkyl halides is 9. The largest absolute Gasteiger partial charge is 0.618 e. The number of hydrogen-bond acceptors (Lipinski definition) is 4. The van der Waals surface area contributed by atoms with Gasteiger partial charge in [-0.15, -0.1) is 0 Å². The van der Waals surface area contributed by atoms with Crippen LogP contribution in [0.3, 0.4) is 0 Å². The molecule has 0 radical (unpaired) electrons. The molecule has 0 fully saturated rings. The van der Waals surface area contributed by atoms with E-state index in [0.29, 0.717) is 23.9 Å². The summed E-state index contributed by atoms with van der Waals surface area (Å²) >= 11 is 0. The monoisotopic (exact) mass is 566 g/mol. The summed E-state index contributed by atoms with van der Waals surface area (Å²) in [5.41, 5.74) is -9.02. The second-order valence-corrected chi connectivity index (χ2v) is 8.93. The molecule has 0 unspecified atom stereocenters. The highest BCUT2D eigenvalue weighted by atomic mass is 19.4. The summed E-state index contributed by atoms with van der Waals surface area (Å²) in [6.45, 7) is 2.96. The molecule has 5 nitrogen and oxygen atoms in total. The average Bonchev–Trinajstić information content (AvgIpc) is 2.81. The van der Waals surface area contributed by atoms with Crippen LogP contribution in [0.1, 0.15) is 52.0 Å². The third-order valence-corrected chi connectivity index (χ3v) is 5.99. The van der Waals surface area contributed by atoms with Crippen LogP contribution in [0.2, 0.25) is 0 Å². The van der Waals surface area contributed by atoms with Gasteiger partial charge in [-0.05, 0) is 48.7 Å². The molecule has 0 saturated carbocycles. The Morgan fingerprint density at radius 1 is 0.974 bits per heavy atom. The van der Waals surface area contributed by atoms with Gasteiger partial charge in [0.25, 0.3) is 11.3 Å². The Balaban J connectivity index is 2.09. The molecule has 0 saturated heterocycles. The number of rotatable bonds is 6. The van der Waals surface area contributed by atoms with Crippen LogP contribution in [-0.2, 0) is 11.8 Å². The average molecular weight is 566 g/mol. The lowest BCUT2D eigenvalue weighted by molar-refractivity contribution is -0.629. The molecule has 0 spiro atoms. The Hall–Kier alpha value is -3.68. The molecule has 14 heteroatoms. The smallest absolute Gasteiger partial charge is 0.478 e. The standard InChI is InChI=1S/C25H19F9N2O3/c1-13-3-5-19(35-11-13)16-8-17(10-18(9-16)22(38,24(29,30)31)25(32,33)34)20(37)7-14(2)15-4-6-21(23(26,27)28)36(39)12-15/h3-6,8-12,14,38H,7H2,1-2H3/t14-/m0/s1. The molecule has 0 bridgehead atoms. The zero-order valence-electron chi connectivity index (χ0n) is 20.0. The highest BCUT2D eigenvalue weighted by Gasteiger charge is 2.71. The zero-order chi connectivity index (χ0) is 29.6. The number of carbonyl (C=O) groups excluding carboxylic acids is 1. The molecule has 1 aromatic carbocycles. The zero-order valence-corrected chi connectivity index (χ0v) is 20.0. The molecular weight excluding hydrogens is 547 g/mol. The van der Waals surface area contributed by atoms with E-state index in [-0.39, 0.29) is 22.9 Å². The van der Waals surface area contributed by atoms with E-state index in [1.165, 1.54) is 25.3 Å². The van der Waals surface area contributed by atoms with E-state index in [1.807, 2.05) is 0 Å². The Kier molecular flexibility index (Phi) is 7.76. The van der Waals surface area contributed by atoms with Crippen LogP contribution in [0, 0.1) is 12.1 Å². The third-order valence-electron chi connectivity index (χ3n) is 5.99. The molecule has 0 amide bonds. The van der Waals surface area contributed by atoms with Crippen LogP contribution in [-0.4, -0.2) is 28.2 Å². The summed E-state index contributed by atoms with van der Waals surface area (Å²) in [6.07, 6.45) is -16.1. The lowest BCUT2D eigenvalue weighted by atomic mass is 9.86. The summed E-state index contributed by atoms with van der Waals surface area (Å²) in [5, 5.41) is 21.7. The molecule has 1 atom stereocenters. The van der Waals surface area contributed by atoms with Crippen LogP contribution in [0.25, 0.3) is 11.3 Å². The summed E-state index contributed by atoms with van der Waals surface area (Å²) in [5.74, 6) is -1.96. The molecule has 39 heavy (non-hydrogen) atoms. The van der Waals surface area contributed by atoms with Crippen molar-refractivity contribution in [3.63, 3.8) is 0 Å². The number of hydrogen-bond donors (Lipinski definition) is 1. The number of nitrogens with zero attached hydrogens (tertiary/aromatic N) is 2. The van der Waals surface area contributed by atoms with E-state index >= 15 is 0 Å². The normalized spacial score (nSPS) is 13.8. The molecule has 0 aliphatic carbocycles. The minimum absolute atomic E-state index is 0.0370.